The van der Waals surface area contributed by atoms with Crippen LogP contribution in [0.3, 0.4) is 0 Å². The van der Waals surface area contributed by atoms with E-state index in [0.29, 0.717) is 4.84 Å². The molecule has 0 bridgehead atoms. The van der Waals surface area contributed by atoms with Crippen molar-refractivity contribution in [1.29, 1.82) is 0 Å². The topological polar surface area (TPSA) is 58.0 Å². The molecule has 0 radical (unpaired) electrons. The molecule has 0 atom stereocenters. The third-order valence-electron chi connectivity index (χ3n) is 3.76. The smallest absolute Gasteiger partial charge is 0.266 e. The van der Waals surface area contributed by atoms with Gasteiger partial charge >= 0.3 is 0 Å². The number of carbonyl (C=O) groups is 1. The Balaban J connectivity index is 1.86. The first kappa shape index (κ1) is 15.2. The van der Waals surface area contributed by atoms with Crippen molar-refractivity contribution < 1.29 is 9.21 Å². The molecule has 4 nitrogen and oxygen atoms in total. The second kappa shape index (κ2) is 6.22. The van der Waals surface area contributed by atoms with Crippen molar-refractivity contribution in [2.75, 3.05) is 5.32 Å². The lowest BCUT2D eigenvalue weighted by Gasteiger charge is -2.09. The van der Waals surface area contributed by atoms with Crippen molar-refractivity contribution in [2.45, 2.75) is 13.8 Å². The van der Waals surface area contributed by atoms with Gasteiger partial charge in [0.05, 0.1) is 5.52 Å². The van der Waals surface area contributed by atoms with Gasteiger partial charge < -0.3 is 14.7 Å². The number of aromatic amines is 1. The standard InChI is InChI=1S/C18H16N2O2S/c1-11-12(2)17-15(20-18(23)22-17)10-14(11)19-16(21)9-8-13-6-4-3-5-7-13/h3-10H,1-2H3,(H,19,21)(H,20,23). The third-order valence-corrected chi connectivity index (χ3v) is 3.94. The Morgan fingerprint density at radius 3 is 2.70 bits per heavy atom. The number of aromatic nitrogens is 1. The van der Waals surface area contributed by atoms with E-state index in [2.05, 4.69) is 10.3 Å². The number of fused-ring (bicyclic) bond motifs is 1. The van der Waals surface area contributed by atoms with Gasteiger partial charge in [-0.25, -0.2) is 0 Å². The van der Waals surface area contributed by atoms with E-state index in [-0.39, 0.29) is 5.91 Å². The molecular weight excluding hydrogens is 308 g/mol. The van der Waals surface area contributed by atoms with Crippen molar-refractivity contribution in [2.24, 2.45) is 0 Å². The number of hydrogen-bond acceptors (Lipinski definition) is 3. The van der Waals surface area contributed by atoms with Crippen molar-refractivity contribution in [3.63, 3.8) is 0 Å². The Labute approximate surface area is 138 Å². The predicted molar refractivity (Wildman–Crippen MR) is 95.0 cm³/mol. The maximum absolute atomic E-state index is 12.1. The van der Waals surface area contributed by atoms with Crippen LogP contribution in [0.5, 0.6) is 0 Å². The highest BCUT2D eigenvalue weighted by Crippen LogP contribution is 2.28. The van der Waals surface area contributed by atoms with Gasteiger partial charge in [-0.2, -0.15) is 0 Å². The number of nitrogens with one attached hydrogen (secondary N) is 2. The largest absolute Gasteiger partial charge is 0.429 e. The molecule has 0 aliphatic rings. The maximum atomic E-state index is 12.1. The molecule has 3 rings (SSSR count). The number of anilines is 1. The maximum Gasteiger partial charge on any atom is 0.266 e. The van der Waals surface area contributed by atoms with Crippen LogP contribution >= 0.6 is 12.2 Å². The van der Waals surface area contributed by atoms with Crippen LogP contribution in [0, 0.1) is 18.7 Å². The van der Waals surface area contributed by atoms with E-state index in [1.54, 1.807) is 6.08 Å². The number of benzene rings is 2. The number of rotatable bonds is 3. The number of hydrogen-bond donors (Lipinski definition) is 2. The molecule has 0 aliphatic carbocycles. The normalized spacial score (nSPS) is 11.2. The van der Waals surface area contributed by atoms with Gasteiger partial charge in [0.1, 0.15) is 0 Å². The molecule has 1 amide bonds. The van der Waals surface area contributed by atoms with Gasteiger partial charge in [0.2, 0.25) is 5.91 Å². The zero-order chi connectivity index (χ0) is 16.4. The van der Waals surface area contributed by atoms with Crippen LogP contribution in [0.4, 0.5) is 5.69 Å². The van der Waals surface area contributed by atoms with Crippen LogP contribution < -0.4 is 5.32 Å². The first-order chi connectivity index (χ1) is 11.0. The third kappa shape index (κ3) is 3.24. The van der Waals surface area contributed by atoms with Crippen LogP contribution in [-0.4, -0.2) is 10.9 Å². The summed E-state index contributed by atoms with van der Waals surface area (Å²) in [6, 6.07) is 11.5. The summed E-state index contributed by atoms with van der Waals surface area (Å²) in [6.45, 7) is 3.89. The summed E-state index contributed by atoms with van der Waals surface area (Å²) >= 11 is 5.02. The molecule has 0 saturated heterocycles. The van der Waals surface area contributed by atoms with Crippen LogP contribution in [0.2, 0.25) is 0 Å². The van der Waals surface area contributed by atoms with Gasteiger partial charge in [0, 0.05) is 11.8 Å². The summed E-state index contributed by atoms with van der Waals surface area (Å²) < 4.78 is 5.48. The molecule has 0 fully saturated rings. The molecule has 0 aliphatic heterocycles. The Hall–Kier alpha value is -2.66. The van der Waals surface area contributed by atoms with Crippen LogP contribution in [0.15, 0.2) is 46.9 Å². The molecule has 5 heteroatoms. The summed E-state index contributed by atoms with van der Waals surface area (Å²) in [5.74, 6) is -0.183. The van der Waals surface area contributed by atoms with Crippen molar-refractivity contribution >= 4 is 41.0 Å². The second-order valence-electron chi connectivity index (χ2n) is 5.30. The molecule has 0 spiro atoms. The Morgan fingerprint density at radius 2 is 1.96 bits per heavy atom. The summed E-state index contributed by atoms with van der Waals surface area (Å²) in [5.41, 5.74) is 5.13. The molecule has 3 aromatic rings. The highest BCUT2D eigenvalue weighted by atomic mass is 32.1. The lowest BCUT2D eigenvalue weighted by atomic mass is 10.1. The molecule has 0 saturated carbocycles. The average Bonchev–Trinajstić information content (AvgIpc) is 2.92. The van der Waals surface area contributed by atoms with Crippen LogP contribution in [-0.2, 0) is 4.79 Å². The lowest BCUT2D eigenvalue weighted by Crippen LogP contribution is -2.09. The Bertz CT molecular complexity index is 952. The fourth-order valence-corrected chi connectivity index (χ4v) is 2.58. The number of aryl methyl sites for hydroxylation is 1. The van der Waals surface area contributed by atoms with Gasteiger partial charge in [-0.3, -0.25) is 4.79 Å². The summed E-state index contributed by atoms with van der Waals surface area (Å²) in [7, 11) is 0. The summed E-state index contributed by atoms with van der Waals surface area (Å²) in [5, 5.41) is 2.90. The SMILES string of the molecule is Cc1c(NC(=O)C=Cc2ccccc2)cc2[nH]c(=S)oc2c1C. The molecular formula is C18H16N2O2S. The van der Waals surface area contributed by atoms with Crippen molar-refractivity contribution in [1.82, 2.24) is 4.98 Å². The van der Waals surface area contributed by atoms with Gasteiger partial charge in [-0.15, -0.1) is 0 Å². The van der Waals surface area contributed by atoms with E-state index in [1.165, 1.54) is 6.08 Å². The minimum Gasteiger partial charge on any atom is -0.429 e. The predicted octanol–water partition coefficient (Wildman–Crippen LogP) is 4.76. The molecule has 116 valence electrons. The summed E-state index contributed by atoms with van der Waals surface area (Å²) in [6.07, 6.45) is 3.30. The monoisotopic (exact) mass is 324 g/mol. The van der Waals surface area contributed by atoms with E-state index in [0.717, 1.165) is 33.5 Å². The Morgan fingerprint density at radius 1 is 1.22 bits per heavy atom. The minimum atomic E-state index is -0.183. The van der Waals surface area contributed by atoms with Gasteiger partial charge in [-0.05, 0) is 54.9 Å². The van der Waals surface area contributed by atoms with E-state index in [1.807, 2.05) is 50.2 Å². The van der Waals surface area contributed by atoms with Gasteiger partial charge in [0.25, 0.3) is 4.84 Å². The van der Waals surface area contributed by atoms with E-state index in [4.69, 9.17) is 16.6 Å². The zero-order valence-corrected chi connectivity index (χ0v) is 13.7. The van der Waals surface area contributed by atoms with Crippen molar-refractivity contribution in [3.05, 3.63) is 64.0 Å². The average molecular weight is 324 g/mol. The first-order valence-corrected chi connectivity index (χ1v) is 7.62. The fraction of sp³-hybridized carbons (Fsp3) is 0.111. The second-order valence-corrected chi connectivity index (χ2v) is 5.67. The highest BCUT2D eigenvalue weighted by Gasteiger charge is 2.11. The van der Waals surface area contributed by atoms with Gasteiger partial charge in [0.15, 0.2) is 5.58 Å². The molecule has 1 aromatic heterocycles. The van der Waals surface area contributed by atoms with E-state index in [9.17, 15) is 4.79 Å². The molecule has 1 heterocycles. The summed E-state index contributed by atoms with van der Waals surface area (Å²) in [4.78, 5) is 15.4. The Kier molecular flexibility index (Phi) is 4.12. The first-order valence-electron chi connectivity index (χ1n) is 7.22. The number of amides is 1. The van der Waals surface area contributed by atoms with Crippen LogP contribution in [0.25, 0.3) is 17.2 Å². The number of oxazole rings is 1. The fourth-order valence-electron chi connectivity index (χ4n) is 2.39. The molecule has 23 heavy (non-hydrogen) atoms. The zero-order valence-electron chi connectivity index (χ0n) is 12.8. The van der Waals surface area contributed by atoms with Crippen molar-refractivity contribution in [3.8, 4) is 0 Å². The van der Waals surface area contributed by atoms with Crippen LogP contribution in [0.1, 0.15) is 16.7 Å². The lowest BCUT2D eigenvalue weighted by molar-refractivity contribution is -0.111. The quantitative estimate of drug-likeness (QED) is 0.539. The van der Waals surface area contributed by atoms with Gasteiger partial charge in [-0.1, -0.05) is 30.3 Å². The molecule has 2 aromatic carbocycles. The number of carbonyl (C=O) groups excluding carboxylic acids is 1. The highest BCUT2D eigenvalue weighted by molar-refractivity contribution is 7.71. The van der Waals surface area contributed by atoms with E-state index >= 15 is 0 Å². The molecule has 0 unspecified atom stereocenters. The minimum absolute atomic E-state index is 0.183. The number of H-pyrrole nitrogens is 1. The molecule has 2 N–H and O–H groups in total. The van der Waals surface area contributed by atoms with E-state index < -0.39 is 0 Å².